The van der Waals surface area contributed by atoms with Crippen molar-refractivity contribution >= 4 is 5.91 Å². The lowest BCUT2D eigenvalue weighted by Gasteiger charge is -2.15. The van der Waals surface area contributed by atoms with Crippen LogP contribution in [0.3, 0.4) is 0 Å². The van der Waals surface area contributed by atoms with Crippen molar-refractivity contribution in [2.24, 2.45) is 5.92 Å². The van der Waals surface area contributed by atoms with Crippen molar-refractivity contribution in [3.63, 3.8) is 0 Å². The molecule has 27 heavy (non-hydrogen) atoms. The molecule has 9 heteroatoms. The van der Waals surface area contributed by atoms with E-state index in [1.165, 1.54) is 20.0 Å². The maximum absolute atomic E-state index is 12.5. The second-order valence-electron chi connectivity index (χ2n) is 7.40. The number of aryl methyl sites for hydroxylation is 2. The third-order valence-corrected chi connectivity index (χ3v) is 5.26. The van der Waals surface area contributed by atoms with Gasteiger partial charge >= 0.3 is 5.69 Å². The van der Waals surface area contributed by atoms with Gasteiger partial charge in [0, 0.05) is 44.5 Å². The lowest BCUT2D eigenvalue weighted by Crippen LogP contribution is -2.36. The summed E-state index contributed by atoms with van der Waals surface area (Å²) in [5.41, 5.74) is -0.0110. The van der Waals surface area contributed by atoms with Gasteiger partial charge in [-0.25, -0.2) is 9.48 Å². The Kier molecular flexibility index (Phi) is 5.00. The van der Waals surface area contributed by atoms with Gasteiger partial charge in [-0.15, -0.1) is 0 Å². The quantitative estimate of drug-likeness (QED) is 0.771. The number of carbonyl (C=O) groups excluding carboxylic acids is 1. The van der Waals surface area contributed by atoms with E-state index in [9.17, 15) is 9.59 Å². The molecule has 1 unspecified atom stereocenters. The van der Waals surface area contributed by atoms with Crippen LogP contribution < -0.4 is 15.7 Å². The van der Waals surface area contributed by atoms with E-state index in [0.717, 1.165) is 25.2 Å². The first-order chi connectivity index (χ1) is 13.1. The van der Waals surface area contributed by atoms with E-state index in [-0.39, 0.29) is 17.6 Å². The van der Waals surface area contributed by atoms with Crippen molar-refractivity contribution in [1.82, 2.24) is 24.8 Å². The summed E-state index contributed by atoms with van der Waals surface area (Å²) in [7, 11) is 1.52. The summed E-state index contributed by atoms with van der Waals surface area (Å²) < 4.78 is 13.5. The Morgan fingerprint density at radius 3 is 2.96 bits per heavy atom. The van der Waals surface area contributed by atoms with Gasteiger partial charge in [0.1, 0.15) is 11.6 Å². The molecule has 2 aromatic heterocycles. The van der Waals surface area contributed by atoms with Gasteiger partial charge in [0.25, 0.3) is 5.88 Å². The van der Waals surface area contributed by atoms with E-state index in [0.29, 0.717) is 43.4 Å². The number of hydrogen-bond acceptors (Lipinski definition) is 6. The SMILES string of the molecule is COc1cc(CCC(=O)NC2CCc3nn(CC4CC4)c(=O)n3CC2)on1. The molecular formula is C18H25N5O4. The number of carbonyl (C=O) groups is 1. The molecule has 9 nitrogen and oxygen atoms in total. The maximum atomic E-state index is 12.5. The average Bonchev–Trinajstić information content (AvgIpc) is 3.32. The molecule has 0 bridgehead atoms. The zero-order chi connectivity index (χ0) is 18.8. The van der Waals surface area contributed by atoms with Crippen molar-refractivity contribution in [2.75, 3.05) is 7.11 Å². The van der Waals surface area contributed by atoms with Gasteiger partial charge in [0.05, 0.1) is 7.11 Å². The van der Waals surface area contributed by atoms with E-state index >= 15 is 0 Å². The van der Waals surface area contributed by atoms with Crippen LogP contribution in [0.25, 0.3) is 0 Å². The highest BCUT2D eigenvalue weighted by molar-refractivity contribution is 5.76. The van der Waals surface area contributed by atoms with Crippen LogP contribution in [0, 0.1) is 5.92 Å². The van der Waals surface area contributed by atoms with Crippen molar-refractivity contribution in [3.05, 3.63) is 28.1 Å². The largest absolute Gasteiger partial charge is 0.479 e. The Bertz CT molecular complexity index is 863. The number of nitrogens with one attached hydrogen (secondary N) is 1. The highest BCUT2D eigenvalue weighted by Crippen LogP contribution is 2.30. The van der Waals surface area contributed by atoms with E-state index in [2.05, 4.69) is 15.6 Å². The highest BCUT2D eigenvalue weighted by Gasteiger charge is 2.26. The molecule has 1 amide bonds. The molecule has 0 saturated heterocycles. The minimum absolute atomic E-state index is 0.0110. The number of nitrogens with zero attached hydrogens (tertiary/aromatic N) is 4. The summed E-state index contributed by atoms with van der Waals surface area (Å²) in [6.45, 7) is 1.34. The summed E-state index contributed by atoms with van der Waals surface area (Å²) in [6.07, 6.45) is 5.44. The van der Waals surface area contributed by atoms with Crippen LogP contribution in [0.5, 0.6) is 5.88 Å². The Hall–Kier alpha value is -2.58. The van der Waals surface area contributed by atoms with E-state index in [1.807, 2.05) is 0 Å². The minimum Gasteiger partial charge on any atom is -0.479 e. The zero-order valence-corrected chi connectivity index (χ0v) is 15.5. The number of aromatic nitrogens is 4. The number of ether oxygens (including phenoxy) is 1. The summed E-state index contributed by atoms with van der Waals surface area (Å²) in [5, 5.41) is 11.3. The molecule has 2 aromatic rings. The highest BCUT2D eigenvalue weighted by atomic mass is 16.5. The fraction of sp³-hybridized carbons (Fsp3) is 0.667. The first-order valence-corrected chi connectivity index (χ1v) is 9.58. The van der Waals surface area contributed by atoms with Gasteiger partial charge in [-0.2, -0.15) is 5.10 Å². The van der Waals surface area contributed by atoms with Crippen LogP contribution in [0.4, 0.5) is 0 Å². The average molecular weight is 375 g/mol. The van der Waals surface area contributed by atoms with Gasteiger partial charge in [0.2, 0.25) is 5.91 Å². The Labute approximate surface area is 156 Å². The van der Waals surface area contributed by atoms with Crippen LogP contribution in [0.2, 0.25) is 0 Å². The van der Waals surface area contributed by atoms with Gasteiger partial charge in [-0.3, -0.25) is 9.36 Å². The topological polar surface area (TPSA) is 104 Å². The van der Waals surface area contributed by atoms with Crippen molar-refractivity contribution < 1.29 is 14.1 Å². The molecule has 0 spiro atoms. The summed E-state index contributed by atoms with van der Waals surface area (Å²) >= 11 is 0. The molecular weight excluding hydrogens is 350 g/mol. The van der Waals surface area contributed by atoms with Crippen molar-refractivity contribution in [1.29, 1.82) is 0 Å². The first kappa shape index (κ1) is 17.8. The number of rotatable bonds is 7. The predicted molar refractivity (Wildman–Crippen MR) is 95.5 cm³/mol. The Balaban J connectivity index is 1.28. The van der Waals surface area contributed by atoms with E-state index < -0.39 is 0 Å². The first-order valence-electron chi connectivity index (χ1n) is 9.58. The normalized spacial score (nSPS) is 19.4. The maximum Gasteiger partial charge on any atom is 0.345 e. The molecule has 2 aliphatic rings. The van der Waals surface area contributed by atoms with E-state index in [4.69, 9.17) is 9.26 Å². The summed E-state index contributed by atoms with van der Waals surface area (Å²) in [6, 6.07) is 1.74. The van der Waals surface area contributed by atoms with Gasteiger partial charge in [0.15, 0.2) is 0 Å². The van der Waals surface area contributed by atoms with Gasteiger partial charge in [-0.05, 0) is 36.8 Å². The van der Waals surface area contributed by atoms with Crippen LogP contribution in [-0.2, 0) is 30.7 Å². The molecule has 1 aliphatic heterocycles. The molecule has 1 saturated carbocycles. The molecule has 1 atom stereocenters. The van der Waals surface area contributed by atoms with Gasteiger partial charge < -0.3 is 14.6 Å². The molecule has 146 valence electrons. The fourth-order valence-electron chi connectivity index (χ4n) is 3.48. The monoisotopic (exact) mass is 375 g/mol. The van der Waals surface area contributed by atoms with Crippen LogP contribution in [-0.4, -0.2) is 38.6 Å². The van der Waals surface area contributed by atoms with Crippen LogP contribution >= 0.6 is 0 Å². The van der Waals surface area contributed by atoms with Crippen LogP contribution in [0.15, 0.2) is 15.4 Å². The van der Waals surface area contributed by atoms with Crippen molar-refractivity contribution in [2.45, 2.75) is 64.1 Å². The second-order valence-corrected chi connectivity index (χ2v) is 7.40. The minimum atomic E-state index is -0.0268. The smallest absolute Gasteiger partial charge is 0.345 e. The lowest BCUT2D eigenvalue weighted by molar-refractivity contribution is -0.121. The molecule has 4 rings (SSSR count). The number of hydrogen-bond donors (Lipinski definition) is 1. The molecule has 0 aromatic carbocycles. The van der Waals surface area contributed by atoms with Gasteiger partial charge in [-0.1, -0.05) is 0 Å². The standard InChI is InChI=1S/C18H25N5O4/c1-26-17-10-14(27-21-17)5-7-16(24)19-13-4-6-15-20-23(11-12-2-3-12)18(25)22(15)9-8-13/h10,12-13H,2-9,11H2,1H3,(H,19,24). The molecule has 1 N–H and O–H groups in total. The second kappa shape index (κ2) is 7.58. The molecule has 1 aliphatic carbocycles. The fourth-order valence-corrected chi connectivity index (χ4v) is 3.48. The number of fused-ring (bicyclic) bond motifs is 1. The zero-order valence-electron chi connectivity index (χ0n) is 15.5. The lowest BCUT2D eigenvalue weighted by atomic mass is 10.1. The van der Waals surface area contributed by atoms with Crippen LogP contribution in [0.1, 0.15) is 43.7 Å². The molecule has 3 heterocycles. The molecule has 1 fully saturated rings. The molecule has 0 radical (unpaired) electrons. The third-order valence-electron chi connectivity index (χ3n) is 5.26. The predicted octanol–water partition coefficient (Wildman–Crippen LogP) is 0.905. The Morgan fingerprint density at radius 1 is 1.37 bits per heavy atom. The number of amides is 1. The Morgan fingerprint density at radius 2 is 2.22 bits per heavy atom. The van der Waals surface area contributed by atoms with Crippen molar-refractivity contribution in [3.8, 4) is 5.88 Å². The summed E-state index contributed by atoms with van der Waals surface area (Å²) in [5.74, 6) is 2.47. The van der Waals surface area contributed by atoms with E-state index in [1.54, 1.807) is 15.3 Å². The number of methoxy groups -OCH3 is 1. The summed E-state index contributed by atoms with van der Waals surface area (Å²) in [4.78, 5) is 24.7. The third kappa shape index (κ3) is 4.23.